The number of fused-ring (bicyclic) bond motifs is 1. The van der Waals surface area contributed by atoms with Crippen molar-refractivity contribution in [2.24, 2.45) is 0 Å². The van der Waals surface area contributed by atoms with Crippen molar-refractivity contribution in [3.63, 3.8) is 0 Å². The van der Waals surface area contributed by atoms with Crippen LogP contribution in [0, 0.1) is 5.82 Å². The minimum absolute atomic E-state index is 0.00235. The third kappa shape index (κ3) is 2.72. The van der Waals surface area contributed by atoms with Gasteiger partial charge in [-0.15, -0.1) is 0 Å². The van der Waals surface area contributed by atoms with E-state index in [1.807, 2.05) is 0 Å². The Hall–Kier alpha value is -2.28. The van der Waals surface area contributed by atoms with E-state index >= 15 is 0 Å². The number of hydrogen-bond acceptors (Lipinski definition) is 4. The first kappa shape index (κ1) is 15.6. The molecule has 0 atom stereocenters. The van der Waals surface area contributed by atoms with E-state index in [1.165, 1.54) is 35.7 Å². The number of benzene rings is 2. The Balaban J connectivity index is 2.10. The van der Waals surface area contributed by atoms with Crippen molar-refractivity contribution >= 4 is 15.7 Å². The topological polar surface area (TPSA) is 66.8 Å². The molecule has 1 N–H and O–H groups in total. The predicted molar refractivity (Wildman–Crippen MR) is 83.9 cm³/mol. The van der Waals surface area contributed by atoms with Gasteiger partial charge in [-0.05, 0) is 36.6 Å². The van der Waals surface area contributed by atoms with Crippen molar-refractivity contribution in [3.05, 3.63) is 47.8 Å². The van der Waals surface area contributed by atoms with E-state index in [2.05, 4.69) is 0 Å². The number of nitrogens with zero attached hydrogens (tertiary/aromatic N) is 1. The zero-order valence-corrected chi connectivity index (χ0v) is 13.3. The lowest BCUT2D eigenvalue weighted by atomic mass is 10.0. The summed E-state index contributed by atoms with van der Waals surface area (Å²) >= 11 is 0. The molecule has 0 aliphatic carbocycles. The molecule has 3 rings (SSSR count). The summed E-state index contributed by atoms with van der Waals surface area (Å²) < 4.78 is 45.4. The summed E-state index contributed by atoms with van der Waals surface area (Å²) in [5, 5.41) is 9.67. The Bertz CT molecular complexity index is 851. The number of halogens is 1. The van der Waals surface area contributed by atoms with Crippen molar-refractivity contribution in [3.8, 4) is 11.5 Å². The second kappa shape index (κ2) is 5.73. The van der Waals surface area contributed by atoms with Crippen LogP contribution >= 0.6 is 0 Å². The van der Waals surface area contributed by atoms with Gasteiger partial charge in [-0.1, -0.05) is 6.07 Å². The number of phenolic OH excluding ortho intramolecular Hbond substituents is 1. The molecule has 0 unspecified atom stereocenters. The molecule has 1 aliphatic rings. The highest BCUT2D eigenvalue weighted by Crippen LogP contribution is 2.35. The second-order valence-corrected chi connectivity index (χ2v) is 7.15. The number of sulfonamides is 1. The van der Waals surface area contributed by atoms with E-state index in [0.717, 1.165) is 18.1 Å². The fourth-order valence-corrected chi connectivity index (χ4v) is 4.26. The zero-order chi connectivity index (χ0) is 16.6. The molecule has 0 saturated heterocycles. The van der Waals surface area contributed by atoms with Crippen LogP contribution in [0.3, 0.4) is 0 Å². The molecule has 0 aromatic heterocycles. The van der Waals surface area contributed by atoms with Gasteiger partial charge in [-0.3, -0.25) is 4.31 Å². The molecule has 23 heavy (non-hydrogen) atoms. The molecule has 7 heteroatoms. The number of methoxy groups -OCH3 is 1. The molecule has 0 amide bonds. The number of ether oxygens (including phenoxy) is 1. The van der Waals surface area contributed by atoms with Gasteiger partial charge in [-0.25, -0.2) is 12.8 Å². The van der Waals surface area contributed by atoms with Gasteiger partial charge in [0.15, 0.2) is 11.6 Å². The van der Waals surface area contributed by atoms with Crippen molar-refractivity contribution < 1.29 is 22.7 Å². The standard InChI is InChI=1S/C16H16FNO4S/c1-22-16-10-13(6-7-14(16)17)23(20,21)18-8-2-3-11-4-5-12(19)9-15(11)18/h4-7,9-10,19H,2-3,8H2,1H3. The Labute approximate surface area is 134 Å². The summed E-state index contributed by atoms with van der Waals surface area (Å²) in [5.41, 5.74) is 1.31. The molecule has 2 aromatic rings. The smallest absolute Gasteiger partial charge is 0.264 e. The van der Waals surface area contributed by atoms with Crippen molar-refractivity contribution in [1.29, 1.82) is 0 Å². The lowest BCUT2D eigenvalue weighted by Crippen LogP contribution is -2.35. The molecule has 1 aliphatic heterocycles. The van der Waals surface area contributed by atoms with E-state index in [1.54, 1.807) is 6.07 Å². The van der Waals surface area contributed by atoms with Crippen molar-refractivity contribution in [2.45, 2.75) is 17.7 Å². The normalized spacial score (nSPS) is 14.4. The van der Waals surface area contributed by atoms with Crippen LogP contribution in [-0.4, -0.2) is 27.2 Å². The van der Waals surface area contributed by atoms with Crippen molar-refractivity contribution in [2.75, 3.05) is 18.0 Å². The summed E-state index contributed by atoms with van der Waals surface area (Å²) in [7, 11) is -2.59. The minimum atomic E-state index is -3.87. The summed E-state index contributed by atoms with van der Waals surface area (Å²) in [6.07, 6.45) is 1.42. The number of phenols is 1. The molecule has 0 fully saturated rings. The van der Waals surface area contributed by atoms with Crippen LogP contribution in [0.5, 0.6) is 11.5 Å². The largest absolute Gasteiger partial charge is 0.508 e. The fourth-order valence-electron chi connectivity index (χ4n) is 2.71. The first-order valence-electron chi connectivity index (χ1n) is 7.11. The quantitative estimate of drug-likeness (QED) is 0.935. The fraction of sp³-hybridized carbons (Fsp3) is 0.250. The number of aryl methyl sites for hydroxylation is 1. The van der Waals surface area contributed by atoms with Gasteiger partial charge in [0.05, 0.1) is 17.7 Å². The summed E-state index contributed by atoms with van der Waals surface area (Å²) in [4.78, 5) is -0.0491. The van der Waals surface area contributed by atoms with Crippen LogP contribution in [0.25, 0.3) is 0 Å². The van der Waals surface area contributed by atoms with Crippen LogP contribution in [0.2, 0.25) is 0 Å². The highest BCUT2D eigenvalue weighted by Gasteiger charge is 2.30. The molecule has 0 radical (unpaired) electrons. The van der Waals surface area contributed by atoms with Gasteiger partial charge in [0.25, 0.3) is 10.0 Å². The maximum atomic E-state index is 13.5. The third-order valence-electron chi connectivity index (χ3n) is 3.86. The lowest BCUT2D eigenvalue weighted by Gasteiger charge is -2.30. The summed E-state index contributed by atoms with van der Waals surface area (Å²) in [5.74, 6) is -0.745. The van der Waals surface area contributed by atoms with Crippen LogP contribution in [0.4, 0.5) is 10.1 Å². The molecule has 0 saturated carbocycles. The van der Waals surface area contributed by atoms with E-state index in [9.17, 15) is 17.9 Å². The Kier molecular flexibility index (Phi) is 3.89. The number of aromatic hydroxyl groups is 1. The Morgan fingerprint density at radius 2 is 2.00 bits per heavy atom. The van der Waals surface area contributed by atoms with Gasteiger partial charge >= 0.3 is 0 Å². The molecular weight excluding hydrogens is 321 g/mol. The second-order valence-electron chi connectivity index (χ2n) is 5.29. The first-order chi connectivity index (χ1) is 10.9. The third-order valence-corrected chi connectivity index (χ3v) is 5.66. The van der Waals surface area contributed by atoms with Crippen LogP contribution in [-0.2, 0) is 16.4 Å². The van der Waals surface area contributed by atoms with Gasteiger partial charge in [0.1, 0.15) is 5.75 Å². The van der Waals surface area contributed by atoms with Crippen molar-refractivity contribution in [1.82, 2.24) is 0 Å². The number of rotatable bonds is 3. The lowest BCUT2D eigenvalue weighted by molar-refractivity contribution is 0.385. The van der Waals surface area contributed by atoms with Gasteiger partial charge < -0.3 is 9.84 Å². The SMILES string of the molecule is COc1cc(S(=O)(=O)N2CCCc3ccc(O)cc32)ccc1F. The molecule has 1 heterocycles. The van der Waals surface area contributed by atoms with Gasteiger partial charge in [0.2, 0.25) is 0 Å². The molecule has 5 nitrogen and oxygen atoms in total. The minimum Gasteiger partial charge on any atom is -0.508 e. The molecule has 0 spiro atoms. The van der Waals surface area contributed by atoms with E-state index in [0.29, 0.717) is 18.7 Å². The summed E-state index contributed by atoms with van der Waals surface area (Å²) in [6, 6.07) is 8.14. The van der Waals surface area contributed by atoms with E-state index < -0.39 is 15.8 Å². The monoisotopic (exact) mass is 337 g/mol. The van der Waals surface area contributed by atoms with Crippen LogP contribution < -0.4 is 9.04 Å². The average Bonchev–Trinajstić information content (AvgIpc) is 2.54. The van der Waals surface area contributed by atoms with E-state index in [-0.39, 0.29) is 16.4 Å². The number of hydrogen-bond donors (Lipinski definition) is 1. The Morgan fingerprint density at radius 1 is 1.22 bits per heavy atom. The number of anilines is 1. The molecule has 2 aromatic carbocycles. The van der Waals surface area contributed by atoms with Gasteiger partial charge in [0, 0.05) is 18.7 Å². The van der Waals surface area contributed by atoms with Crippen LogP contribution in [0.1, 0.15) is 12.0 Å². The highest BCUT2D eigenvalue weighted by molar-refractivity contribution is 7.92. The van der Waals surface area contributed by atoms with Gasteiger partial charge in [-0.2, -0.15) is 0 Å². The average molecular weight is 337 g/mol. The van der Waals surface area contributed by atoms with E-state index in [4.69, 9.17) is 4.74 Å². The highest BCUT2D eigenvalue weighted by atomic mass is 32.2. The maximum Gasteiger partial charge on any atom is 0.264 e. The predicted octanol–water partition coefficient (Wildman–Crippen LogP) is 2.68. The first-order valence-corrected chi connectivity index (χ1v) is 8.55. The zero-order valence-electron chi connectivity index (χ0n) is 12.5. The molecule has 122 valence electrons. The Morgan fingerprint density at radius 3 is 2.74 bits per heavy atom. The summed E-state index contributed by atoms with van der Waals surface area (Å²) in [6.45, 7) is 0.304. The molecule has 0 bridgehead atoms. The maximum absolute atomic E-state index is 13.5. The van der Waals surface area contributed by atoms with Crippen LogP contribution in [0.15, 0.2) is 41.3 Å². The molecular formula is C16H16FNO4S.